The van der Waals surface area contributed by atoms with Gasteiger partial charge in [0.05, 0.1) is 4.90 Å². The molecule has 11 heteroatoms. The Balaban J connectivity index is 1.37. The quantitative estimate of drug-likeness (QED) is 0.336. The minimum absolute atomic E-state index is 0.257. The van der Waals surface area contributed by atoms with Crippen LogP contribution < -0.4 is 5.32 Å². The minimum atomic E-state index is -3.27. The highest BCUT2D eigenvalue weighted by molar-refractivity contribution is 7.99. The molecule has 0 aliphatic carbocycles. The summed E-state index contributed by atoms with van der Waals surface area (Å²) in [6.07, 6.45) is 4.74. The van der Waals surface area contributed by atoms with E-state index in [9.17, 15) is 18.6 Å². The highest BCUT2D eigenvalue weighted by atomic mass is 32.2. The highest BCUT2D eigenvalue weighted by Gasteiger charge is 2.34. The molecule has 182 valence electrons. The molecule has 2 aromatic heterocycles. The number of aliphatic hydroxyl groups is 2. The Hall–Kier alpha value is -2.96. The van der Waals surface area contributed by atoms with Crippen molar-refractivity contribution in [2.75, 3.05) is 36.2 Å². The summed E-state index contributed by atoms with van der Waals surface area (Å²) in [6.45, 7) is 1.23. The lowest BCUT2D eigenvalue weighted by atomic mass is 10.1. The Morgan fingerprint density at radius 3 is 2.34 bits per heavy atom. The molecule has 0 atom stereocenters. The topological polar surface area (TPSA) is 121 Å². The van der Waals surface area contributed by atoms with Crippen LogP contribution in [-0.4, -0.2) is 68.9 Å². The maximum atomic E-state index is 11.8. The Morgan fingerprint density at radius 2 is 1.69 bits per heavy atom. The molecule has 3 heterocycles. The van der Waals surface area contributed by atoms with Gasteiger partial charge in [-0.25, -0.2) is 18.3 Å². The van der Waals surface area contributed by atoms with E-state index in [1.54, 1.807) is 71.4 Å². The molecule has 1 saturated heterocycles. The van der Waals surface area contributed by atoms with Crippen molar-refractivity contribution in [3.63, 3.8) is 0 Å². The zero-order valence-electron chi connectivity index (χ0n) is 19.0. The van der Waals surface area contributed by atoms with Crippen LogP contribution in [-0.2, 0) is 15.7 Å². The first-order chi connectivity index (χ1) is 16.7. The monoisotopic (exact) mass is 511 g/mol. The van der Waals surface area contributed by atoms with Crippen LogP contribution >= 0.6 is 11.8 Å². The Labute approximate surface area is 207 Å². The first-order valence-corrected chi connectivity index (χ1v) is 14.1. The second-order valence-electron chi connectivity index (χ2n) is 8.36. The van der Waals surface area contributed by atoms with Crippen LogP contribution in [0.3, 0.4) is 0 Å². The average molecular weight is 512 g/mol. The Morgan fingerprint density at radius 1 is 1.00 bits per heavy atom. The van der Waals surface area contributed by atoms with E-state index in [1.165, 1.54) is 6.26 Å². The molecular formula is C24H25N5O4S2. The number of rotatable bonds is 6. The number of aromatic nitrogens is 3. The van der Waals surface area contributed by atoms with Crippen molar-refractivity contribution in [1.29, 1.82) is 0 Å². The second kappa shape index (κ2) is 9.25. The largest absolute Gasteiger partial charge is 0.349 e. The molecule has 0 bridgehead atoms. The fourth-order valence-corrected chi connectivity index (χ4v) is 5.54. The summed E-state index contributed by atoms with van der Waals surface area (Å²) in [5.41, 5.74) is 2.55. The number of anilines is 2. The van der Waals surface area contributed by atoms with Gasteiger partial charge in [-0.15, -0.1) is 0 Å². The molecule has 4 aromatic rings. The zero-order chi connectivity index (χ0) is 24.6. The fourth-order valence-electron chi connectivity index (χ4n) is 4.00. The molecule has 0 unspecified atom stereocenters. The molecule has 3 N–H and O–H groups in total. The van der Waals surface area contributed by atoms with Gasteiger partial charge in [-0.2, -0.15) is 16.7 Å². The van der Waals surface area contributed by atoms with Crippen LogP contribution in [0.15, 0.2) is 71.9 Å². The third-order valence-corrected chi connectivity index (χ3v) is 8.02. The van der Waals surface area contributed by atoms with E-state index in [0.717, 1.165) is 22.6 Å². The average Bonchev–Trinajstić information content (AvgIpc) is 3.28. The summed E-state index contributed by atoms with van der Waals surface area (Å²) in [7, 11) is -3.27. The Bertz CT molecular complexity index is 1450. The van der Waals surface area contributed by atoms with E-state index >= 15 is 0 Å². The summed E-state index contributed by atoms with van der Waals surface area (Å²) < 4.78 is 25.4. The van der Waals surface area contributed by atoms with E-state index in [0.29, 0.717) is 35.9 Å². The Kier molecular flexibility index (Phi) is 6.28. The summed E-state index contributed by atoms with van der Waals surface area (Å²) >= 11 is 1.80. The van der Waals surface area contributed by atoms with Crippen molar-refractivity contribution in [3.05, 3.63) is 72.6 Å². The zero-order valence-corrected chi connectivity index (χ0v) is 20.6. The van der Waals surface area contributed by atoms with E-state index in [1.807, 2.05) is 16.8 Å². The lowest BCUT2D eigenvalue weighted by Gasteiger charge is -2.37. The van der Waals surface area contributed by atoms with Gasteiger partial charge < -0.3 is 20.1 Å². The van der Waals surface area contributed by atoms with Gasteiger partial charge in [-0.3, -0.25) is 0 Å². The van der Waals surface area contributed by atoms with Crippen molar-refractivity contribution >= 4 is 44.3 Å². The molecule has 0 radical (unpaired) electrons. The van der Waals surface area contributed by atoms with Gasteiger partial charge in [0.2, 0.25) is 5.95 Å². The predicted octanol–water partition coefficient (Wildman–Crippen LogP) is 2.71. The smallest absolute Gasteiger partial charge is 0.253 e. The molecule has 9 nitrogen and oxygen atoms in total. The number of fused-ring (bicyclic) bond motifs is 1. The number of nitrogens with one attached hydrogen (secondary N) is 1. The number of thioether (sulfide) groups is 1. The van der Waals surface area contributed by atoms with E-state index in [2.05, 4.69) is 15.3 Å². The summed E-state index contributed by atoms with van der Waals surface area (Å²) in [5.74, 6) is 0.102. The standard InChI is InChI=1S/C24H25N5O4S2/c1-35(32,33)21-8-6-20(7-9-21)29-11-10-17-16-25-23(27-22(17)29)26-19-4-2-18(3-5-19)24(30,31)28-12-14-34-15-13-28/h2-11,16,30-31H,12-15H2,1H3,(H,25,26,27). The molecule has 1 fully saturated rings. The van der Waals surface area contributed by atoms with Gasteiger partial charge in [0.15, 0.2) is 9.84 Å². The normalized spacial score (nSPS) is 15.4. The maximum Gasteiger partial charge on any atom is 0.253 e. The van der Waals surface area contributed by atoms with Gasteiger partial charge in [-0.05, 0) is 42.5 Å². The van der Waals surface area contributed by atoms with Gasteiger partial charge in [0.25, 0.3) is 5.91 Å². The van der Waals surface area contributed by atoms with Crippen LogP contribution in [0.5, 0.6) is 0 Å². The van der Waals surface area contributed by atoms with Crippen molar-refractivity contribution in [2.24, 2.45) is 0 Å². The minimum Gasteiger partial charge on any atom is -0.349 e. The lowest BCUT2D eigenvalue weighted by molar-refractivity contribution is -0.273. The number of nitrogens with zero attached hydrogens (tertiary/aromatic N) is 4. The molecular weight excluding hydrogens is 486 g/mol. The van der Waals surface area contributed by atoms with Crippen molar-refractivity contribution < 1.29 is 18.6 Å². The van der Waals surface area contributed by atoms with E-state index in [4.69, 9.17) is 0 Å². The molecule has 1 aliphatic heterocycles. The lowest BCUT2D eigenvalue weighted by Crippen LogP contribution is -2.49. The fraction of sp³-hybridized carbons (Fsp3) is 0.250. The van der Waals surface area contributed by atoms with E-state index < -0.39 is 15.7 Å². The van der Waals surface area contributed by atoms with Crippen LogP contribution in [0.1, 0.15) is 5.56 Å². The molecule has 0 saturated carbocycles. The third-order valence-electron chi connectivity index (χ3n) is 5.95. The van der Waals surface area contributed by atoms with Crippen molar-refractivity contribution in [2.45, 2.75) is 10.8 Å². The number of hydrogen-bond acceptors (Lipinski definition) is 9. The van der Waals surface area contributed by atoms with Crippen LogP contribution in [0, 0.1) is 0 Å². The predicted molar refractivity (Wildman–Crippen MR) is 137 cm³/mol. The van der Waals surface area contributed by atoms with Crippen molar-refractivity contribution in [3.8, 4) is 5.69 Å². The van der Waals surface area contributed by atoms with Crippen molar-refractivity contribution in [1.82, 2.24) is 19.4 Å². The van der Waals surface area contributed by atoms with Crippen LogP contribution in [0.2, 0.25) is 0 Å². The molecule has 1 aliphatic rings. The van der Waals surface area contributed by atoms with Gasteiger partial charge >= 0.3 is 0 Å². The molecule has 0 spiro atoms. The van der Waals surface area contributed by atoms with Gasteiger partial charge in [0.1, 0.15) is 5.65 Å². The summed E-state index contributed by atoms with van der Waals surface area (Å²) in [6, 6.07) is 15.4. The molecule has 35 heavy (non-hydrogen) atoms. The van der Waals surface area contributed by atoms with Crippen LogP contribution in [0.4, 0.5) is 11.6 Å². The first-order valence-electron chi connectivity index (χ1n) is 11.0. The molecule has 0 amide bonds. The molecule has 2 aromatic carbocycles. The highest BCUT2D eigenvalue weighted by Crippen LogP contribution is 2.28. The van der Waals surface area contributed by atoms with Gasteiger partial charge in [-0.1, -0.05) is 12.1 Å². The number of benzene rings is 2. The maximum absolute atomic E-state index is 11.8. The second-order valence-corrected chi connectivity index (χ2v) is 11.6. The number of sulfone groups is 1. The van der Waals surface area contributed by atoms with E-state index in [-0.39, 0.29) is 4.90 Å². The third kappa shape index (κ3) is 4.91. The first kappa shape index (κ1) is 23.8. The summed E-state index contributed by atoms with van der Waals surface area (Å²) in [4.78, 5) is 10.9. The number of hydrogen-bond donors (Lipinski definition) is 3. The molecule has 5 rings (SSSR count). The SMILES string of the molecule is CS(=O)(=O)c1ccc(-n2ccc3cnc(Nc4ccc(C(O)(O)N5CCSCC5)cc4)nc32)cc1. The van der Waals surface area contributed by atoms with Crippen LogP contribution in [0.25, 0.3) is 16.7 Å². The summed E-state index contributed by atoms with van der Waals surface area (Å²) in [5, 5.41) is 25.3. The van der Waals surface area contributed by atoms with Gasteiger partial charge in [0, 0.05) is 65.6 Å².